The number of hydrogen-bond donors (Lipinski definition) is 2. The number of carbonyl (C=O) groups is 1. The first-order chi connectivity index (χ1) is 8.99. The zero-order chi connectivity index (χ0) is 14.3. The molecule has 5 heteroatoms. The zero-order valence-electron chi connectivity index (χ0n) is 12.9. The van der Waals surface area contributed by atoms with Crippen molar-refractivity contribution in [3.05, 3.63) is 0 Å². The minimum atomic E-state index is 0.104. The molecular formula is C14H30N4O. The van der Waals surface area contributed by atoms with Gasteiger partial charge in [0.05, 0.1) is 6.54 Å². The molecule has 1 fully saturated rings. The number of nitrogens with one attached hydrogen (secondary N) is 2. The Hall–Kier alpha value is -0.650. The Morgan fingerprint density at radius 3 is 2.74 bits per heavy atom. The van der Waals surface area contributed by atoms with E-state index < -0.39 is 0 Å². The van der Waals surface area contributed by atoms with Gasteiger partial charge in [0.15, 0.2) is 0 Å². The number of piperazine rings is 1. The molecule has 1 amide bonds. The minimum absolute atomic E-state index is 0.104. The summed E-state index contributed by atoms with van der Waals surface area (Å²) in [6.07, 6.45) is 1.04. The first kappa shape index (κ1) is 16.4. The van der Waals surface area contributed by atoms with Gasteiger partial charge in [0.2, 0.25) is 5.91 Å². The summed E-state index contributed by atoms with van der Waals surface area (Å²) in [5.74, 6) is 0.743. The van der Waals surface area contributed by atoms with Crippen LogP contribution >= 0.6 is 0 Å². The molecule has 5 nitrogen and oxygen atoms in total. The molecule has 1 heterocycles. The Bertz CT molecular complexity index is 270. The molecule has 0 aromatic carbocycles. The average Bonchev–Trinajstić information content (AvgIpc) is 2.33. The van der Waals surface area contributed by atoms with Crippen molar-refractivity contribution in [1.82, 2.24) is 20.4 Å². The van der Waals surface area contributed by atoms with Gasteiger partial charge in [-0.2, -0.15) is 0 Å². The van der Waals surface area contributed by atoms with Crippen LogP contribution in [0.3, 0.4) is 0 Å². The smallest absolute Gasteiger partial charge is 0.233 e. The predicted molar refractivity (Wildman–Crippen MR) is 79.2 cm³/mol. The fraction of sp³-hybridized carbons (Fsp3) is 0.929. The fourth-order valence-corrected chi connectivity index (χ4v) is 2.24. The Morgan fingerprint density at radius 1 is 1.32 bits per heavy atom. The molecule has 0 radical (unpaired) electrons. The molecule has 1 aliphatic heterocycles. The summed E-state index contributed by atoms with van der Waals surface area (Å²) < 4.78 is 0. The summed E-state index contributed by atoms with van der Waals surface area (Å²) >= 11 is 0. The van der Waals surface area contributed by atoms with E-state index in [-0.39, 0.29) is 5.91 Å². The summed E-state index contributed by atoms with van der Waals surface area (Å²) in [7, 11) is 4.31. The van der Waals surface area contributed by atoms with Gasteiger partial charge in [-0.3, -0.25) is 9.69 Å². The van der Waals surface area contributed by atoms with Crippen molar-refractivity contribution in [2.75, 3.05) is 53.4 Å². The van der Waals surface area contributed by atoms with E-state index in [0.717, 1.165) is 39.1 Å². The van der Waals surface area contributed by atoms with Gasteiger partial charge >= 0.3 is 0 Å². The fourth-order valence-electron chi connectivity index (χ4n) is 2.24. The molecule has 1 aliphatic rings. The number of nitrogens with zero attached hydrogens (tertiary/aromatic N) is 2. The summed E-state index contributed by atoms with van der Waals surface area (Å²) in [4.78, 5) is 16.3. The lowest BCUT2D eigenvalue weighted by Crippen LogP contribution is -2.54. The third kappa shape index (κ3) is 6.89. The standard InChI is InChI=1S/C14H30N4O/c1-12(2)5-6-16-14(19)10-15-9-13-11-17(3)7-8-18(13)4/h12-13,15H,5-11H2,1-4H3,(H,16,19). The Kier molecular flexibility index (Phi) is 7.34. The van der Waals surface area contributed by atoms with Gasteiger partial charge in [-0.05, 0) is 26.4 Å². The minimum Gasteiger partial charge on any atom is -0.355 e. The third-order valence-corrected chi connectivity index (χ3v) is 3.69. The van der Waals surface area contributed by atoms with Gasteiger partial charge in [0, 0.05) is 38.8 Å². The number of likely N-dealkylation sites (N-methyl/N-ethyl adjacent to an activating group) is 2. The Morgan fingerprint density at radius 2 is 2.05 bits per heavy atom. The normalized spacial score (nSPS) is 21.8. The molecule has 1 atom stereocenters. The lowest BCUT2D eigenvalue weighted by Gasteiger charge is -2.37. The van der Waals surface area contributed by atoms with Crippen LogP contribution < -0.4 is 10.6 Å². The molecule has 0 bridgehead atoms. The molecular weight excluding hydrogens is 240 g/mol. The van der Waals surface area contributed by atoms with Gasteiger partial charge in [0.1, 0.15) is 0 Å². The summed E-state index contributed by atoms with van der Waals surface area (Å²) in [5.41, 5.74) is 0. The van der Waals surface area contributed by atoms with Crippen molar-refractivity contribution in [3.63, 3.8) is 0 Å². The summed E-state index contributed by atoms with van der Waals surface area (Å²) in [6.45, 7) is 9.71. The van der Waals surface area contributed by atoms with Crippen LogP contribution in [0.5, 0.6) is 0 Å². The summed E-state index contributed by atoms with van der Waals surface area (Å²) in [5, 5.41) is 6.21. The number of hydrogen-bond acceptors (Lipinski definition) is 4. The van der Waals surface area contributed by atoms with E-state index in [0.29, 0.717) is 18.5 Å². The van der Waals surface area contributed by atoms with Crippen molar-refractivity contribution < 1.29 is 4.79 Å². The highest BCUT2D eigenvalue weighted by atomic mass is 16.1. The Balaban J connectivity index is 2.10. The van der Waals surface area contributed by atoms with E-state index in [4.69, 9.17) is 0 Å². The van der Waals surface area contributed by atoms with Crippen LogP contribution in [0.1, 0.15) is 20.3 Å². The molecule has 0 aliphatic carbocycles. The molecule has 1 rings (SSSR count). The van der Waals surface area contributed by atoms with Crippen molar-refractivity contribution in [3.8, 4) is 0 Å². The molecule has 112 valence electrons. The maximum absolute atomic E-state index is 11.6. The first-order valence-corrected chi connectivity index (χ1v) is 7.35. The molecule has 1 unspecified atom stereocenters. The van der Waals surface area contributed by atoms with Gasteiger partial charge in [0.25, 0.3) is 0 Å². The van der Waals surface area contributed by atoms with Crippen LogP contribution in [0, 0.1) is 5.92 Å². The van der Waals surface area contributed by atoms with E-state index >= 15 is 0 Å². The number of amides is 1. The van der Waals surface area contributed by atoms with Crippen molar-refractivity contribution >= 4 is 5.91 Å². The second kappa shape index (κ2) is 8.51. The highest BCUT2D eigenvalue weighted by molar-refractivity contribution is 5.77. The van der Waals surface area contributed by atoms with Gasteiger partial charge in [-0.25, -0.2) is 0 Å². The van der Waals surface area contributed by atoms with Crippen LogP contribution in [0.2, 0.25) is 0 Å². The highest BCUT2D eigenvalue weighted by Crippen LogP contribution is 2.04. The van der Waals surface area contributed by atoms with Gasteiger partial charge < -0.3 is 15.5 Å². The largest absolute Gasteiger partial charge is 0.355 e. The van der Waals surface area contributed by atoms with Crippen molar-refractivity contribution in [1.29, 1.82) is 0 Å². The van der Waals surface area contributed by atoms with Gasteiger partial charge in [-0.1, -0.05) is 13.8 Å². The van der Waals surface area contributed by atoms with Crippen molar-refractivity contribution in [2.24, 2.45) is 5.92 Å². The Labute approximate surface area is 117 Å². The number of rotatable bonds is 7. The van der Waals surface area contributed by atoms with E-state index in [9.17, 15) is 4.79 Å². The molecule has 19 heavy (non-hydrogen) atoms. The average molecular weight is 270 g/mol. The highest BCUT2D eigenvalue weighted by Gasteiger charge is 2.21. The molecule has 0 saturated carbocycles. The van der Waals surface area contributed by atoms with Crippen LogP contribution in [0.25, 0.3) is 0 Å². The maximum Gasteiger partial charge on any atom is 0.233 e. The third-order valence-electron chi connectivity index (χ3n) is 3.69. The summed E-state index contributed by atoms with van der Waals surface area (Å²) in [6, 6.07) is 0.502. The molecule has 1 saturated heterocycles. The predicted octanol–water partition coefficient (Wildman–Crippen LogP) is -0.0159. The maximum atomic E-state index is 11.6. The van der Waals surface area contributed by atoms with Crippen molar-refractivity contribution in [2.45, 2.75) is 26.3 Å². The van der Waals surface area contributed by atoms with Crippen LogP contribution in [-0.2, 0) is 4.79 Å². The van der Waals surface area contributed by atoms with E-state index in [1.807, 2.05) is 0 Å². The van der Waals surface area contributed by atoms with Crippen LogP contribution in [-0.4, -0.2) is 75.1 Å². The van der Waals surface area contributed by atoms with E-state index in [2.05, 4.69) is 48.4 Å². The monoisotopic (exact) mass is 270 g/mol. The molecule has 0 spiro atoms. The SMILES string of the molecule is CC(C)CCNC(=O)CNCC1CN(C)CCN1C. The van der Waals surface area contributed by atoms with Crippen LogP contribution in [0.4, 0.5) is 0 Å². The van der Waals surface area contributed by atoms with Crippen LogP contribution in [0.15, 0.2) is 0 Å². The first-order valence-electron chi connectivity index (χ1n) is 7.35. The second-order valence-corrected chi connectivity index (χ2v) is 6.06. The molecule has 2 N–H and O–H groups in total. The lowest BCUT2D eigenvalue weighted by atomic mass is 10.1. The second-order valence-electron chi connectivity index (χ2n) is 6.06. The molecule has 0 aromatic heterocycles. The number of carbonyl (C=O) groups excluding carboxylic acids is 1. The van der Waals surface area contributed by atoms with E-state index in [1.165, 1.54) is 0 Å². The lowest BCUT2D eigenvalue weighted by molar-refractivity contribution is -0.120. The van der Waals surface area contributed by atoms with Gasteiger partial charge in [-0.15, -0.1) is 0 Å². The quantitative estimate of drug-likeness (QED) is 0.683. The topological polar surface area (TPSA) is 47.6 Å². The zero-order valence-corrected chi connectivity index (χ0v) is 12.9. The van der Waals surface area contributed by atoms with E-state index in [1.54, 1.807) is 0 Å². The molecule has 0 aromatic rings.